The van der Waals surface area contributed by atoms with E-state index in [1.165, 1.54) is 17.7 Å². The molecule has 2 heterocycles. The zero-order valence-corrected chi connectivity index (χ0v) is 11.0. The Morgan fingerprint density at radius 1 is 1.41 bits per heavy atom. The molecule has 92 valence electrons. The maximum atomic E-state index is 6.34. The highest BCUT2D eigenvalue weighted by Crippen LogP contribution is 2.47. The van der Waals surface area contributed by atoms with E-state index in [-0.39, 0.29) is 11.6 Å². The van der Waals surface area contributed by atoms with E-state index < -0.39 is 0 Å². The summed E-state index contributed by atoms with van der Waals surface area (Å²) in [5.41, 5.74) is 7.46. The average Bonchev–Trinajstić information content (AvgIpc) is 2.33. The lowest BCUT2D eigenvalue weighted by molar-refractivity contribution is 0.0256. The second-order valence-corrected chi connectivity index (χ2v) is 6.58. The molecule has 1 spiro atoms. The number of fused-ring (bicyclic) bond motifs is 1. The summed E-state index contributed by atoms with van der Waals surface area (Å²) in [7, 11) is 0. The first kappa shape index (κ1) is 11.4. The van der Waals surface area contributed by atoms with Crippen LogP contribution in [0.2, 0.25) is 0 Å². The van der Waals surface area contributed by atoms with Crippen molar-refractivity contribution in [3.05, 3.63) is 29.8 Å². The molecule has 1 aromatic carbocycles. The molecular weight excluding hydrogens is 230 g/mol. The Balaban J connectivity index is 1.97. The largest absolute Gasteiger partial charge is 0.486 e. The Morgan fingerprint density at radius 3 is 3.06 bits per heavy atom. The van der Waals surface area contributed by atoms with E-state index in [1.807, 2.05) is 23.9 Å². The van der Waals surface area contributed by atoms with Gasteiger partial charge in [0, 0.05) is 23.3 Å². The fraction of sp³-hybridized carbons (Fsp3) is 0.571. The van der Waals surface area contributed by atoms with Crippen LogP contribution in [-0.2, 0) is 0 Å². The Kier molecular flexibility index (Phi) is 2.83. The van der Waals surface area contributed by atoms with Crippen molar-refractivity contribution in [3.63, 3.8) is 0 Å². The van der Waals surface area contributed by atoms with Crippen LogP contribution in [0, 0.1) is 0 Å². The normalized spacial score (nSPS) is 36.4. The van der Waals surface area contributed by atoms with Crippen LogP contribution in [-0.4, -0.2) is 16.6 Å². The second kappa shape index (κ2) is 4.21. The molecule has 0 amide bonds. The van der Waals surface area contributed by atoms with Gasteiger partial charge >= 0.3 is 0 Å². The molecule has 0 saturated carbocycles. The van der Waals surface area contributed by atoms with Crippen molar-refractivity contribution in [1.29, 1.82) is 0 Å². The van der Waals surface area contributed by atoms with Gasteiger partial charge in [0.05, 0.1) is 0 Å². The molecule has 1 saturated heterocycles. The fourth-order valence-corrected chi connectivity index (χ4v) is 4.24. The highest BCUT2D eigenvalue weighted by atomic mass is 32.2. The Bertz CT molecular complexity index is 422. The smallest absolute Gasteiger partial charge is 0.124 e. The average molecular weight is 249 g/mol. The standard InChI is InChI=1S/C14H19NOS/c1-10-14(7-4-8-17-10)9-12(15)11-5-2-3-6-13(11)16-14/h2-3,5-6,10,12H,4,7-9,15H2,1H3/t10?,12-,14?/m0/s1. The summed E-state index contributed by atoms with van der Waals surface area (Å²) in [5, 5.41) is 0.538. The van der Waals surface area contributed by atoms with Gasteiger partial charge in [-0.15, -0.1) is 0 Å². The minimum Gasteiger partial charge on any atom is -0.486 e. The number of rotatable bonds is 0. The molecule has 0 aromatic heterocycles. The van der Waals surface area contributed by atoms with Gasteiger partial charge in [-0.25, -0.2) is 0 Å². The summed E-state index contributed by atoms with van der Waals surface area (Å²) in [5.74, 6) is 2.25. The fourth-order valence-electron chi connectivity index (χ4n) is 3.01. The Hall–Kier alpha value is -0.670. The summed E-state index contributed by atoms with van der Waals surface area (Å²) >= 11 is 2.02. The van der Waals surface area contributed by atoms with Crippen molar-refractivity contribution in [2.24, 2.45) is 5.73 Å². The van der Waals surface area contributed by atoms with Crippen LogP contribution >= 0.6 is 11.8 Å². The predicted octanol–water partition coefficient (Wildman–Crippen LogP) is 3.12. The molecule has 1 fully saturated rings. The van der Waals surface area contributed by atoms with Gasteiger partial charge < -0.3 is 10.5 Å². The number of benzene rings is 1. The molecule has 2 aliphatic heterocycles. The van der Waals surface area contributed by atoms with Crippen molar-refractivity contribution in [3.8, 4) is 5.75 Å². The van der Waals surface area contributed by atoms with Gasteiger partial charge in [-0.3, -0.25) is 0 Å². The van der Waals surface area contributed by atoms with Crippen LogP contribution in [0.15, 0.2) is 24.3 Å². The lowest BCUT2D eigenvalue weighted by Crippen LogP contribution is -2.51. The number of hydrogen-bond acceptors (Lipinski definition) is 3. The quantitative estimate of drug-likeness (QED) is 0.767. The monoisotopic (exact) mass is 249 g/mol. The first-order chi connectivity index (χ1) is 8.21. The highest BCUT2D eigenvalue weighted by Gasteiger charge is 2.45. The lowest BCUT2D eigenvalue weighted by Gasteiger charge is -2.47. The molecule has 0 radical (unpaired) electrons. The maximum Gasteiger partial charge on any atom is 0.124 e. The summed E-state index contributed by atoms with van der Waals surface area (Å²) in [6.07, 6.45) is 3.34. The SMILES string of the molecule is CC1SCCCC12C[C@H](N)c1ccccc1O2. The third-order valence-corrected chi connectivity index (χ3v) is 5.50. The molecule has 3 atom stereocenters. The minimum atomic E-state index is -0.0311. The van der Waals surface area contributed by atoms with Gasteiger partial charge in [-0.2, -0.15) is 11.8 Å². The van der Waals surface area contributed by atoms with Crippen LogP contribution in [0.4, 0.5) is 0 Å². The molecule has 2 nitrogen and oxygen atoms in total. The van der Waals surface area contributed by atoms with E-state index in [9.17, 15) is 0 Å². The molecule has 1 aromatic rings. The Labute approximate surface area is 107 Å². The lowest BCUT2D eigenvalue weighted by atomic mass is 9.82. The van der Waals surface area contributed by atoms with E-state index in [1.54, 1.807) is 0 Å². The zero-order chi connectivity index (χ0) is 11.9. The number of thioether (sulfide) groups is 1. The van der Waals surface area contributed by atoms with Crippen molar-refractivity contribution in [2.45, 2.75) is 43.1 Å². The third kappa shape index (κ3) is 1.85. The first-order valence-corrected chi connectivity index (χ1v) is 7.41. The number of nitrogens with two attached hydrogens (primary N) is 1. The molecule has 2 aliphatic rings. The van der Waals surface area contributed by atoms with E-state index in [4.69, 9.17) is 10.5 Å². The zero-order valence-electron chi connectivity index (χ0n) is 10.2. The predicted molar refractivity (Wildman–Crippen MR) is 72.5 cm³/mol. The topological polar surface area (TPSA) is 35.2 Å². The van der Waals surface area contributed by atoms with Gasteiger partial charge in [0.25, 0.3) is 0 Å². The van der Waals surface area contributed by atoms with Gasteiger partial charge in [0.2, 0.25) is 0 Å². The van der Waals surface area contributed by atoms with Crippen molar-refractivity contribution in [1.82, 2.24) is 0 Å². The van der Waals surface area contributed by atoms with Crippen molar-refractivity contribution < 1.29 is 4.74 Å². The van der Waals surface area contributed by atoms with Gasteiger partial charge in [-0.1, -0.05) is 18.2 Å². The highest BCUT2D eigenvalue weighted by molar-refractivity contribution is 8.00. The molecule has 2 N–H and O–H groups in total. The van der Waals surface area contributed by atoms with Crippen LogP contribution in [0.3, 0.4) is 0 Å². The van der Waals surface area contributed by atoms with Crippen LogP contribution < -0.4 is 10.5 Å². The summed E-state index contributed by atoms with van der Waals surface area (Å²) in [6.45, 7) is 2.28. The summed E-state index contributed by atoms with van der Waals surface area (Å²) in [4.78, 5) is 0. The van der Waals surface area contributed by atoms with E-state index in [0.29, 0.717) is 5.25 Å². The van der Waals surface area contributed by atoms with Crippen LogP contribution in [0.25, 0.3) is 0 Å². The van der Waals surface area contributed by atoms with E-state index in [0.717, 1.165) is 18.6 Å². The molecular formula is C14H19NOS. The molecule has 0 aliphatic carbocycles. The van der Waals surface area contributed by atoms with Crippen LogP contribution in [0.1, 0.15) is 37.8 Å². The molecule has 2 unspecified atom stereocenters. The minimum absolute atomic E-state index is 0.0311. The molecule has 3 heteroatoms. The van der Waals surface area contributed by atoms with E-state index >= 15 is 0 Å². The van der Waals surface area contributed by atoms with Gasteiger partial charge in [0.15, 0.2) is 0 Å². The van der Waals surface area contributed by atoms with Gasteiger partial charge in [0.1, 0.15) is 11.4 Å². The third-order valence-electron chi connectivity index (χ3n) is 4.05. The van der Waals surface area contributed by atoms with Crippen molar-refractivity contribution in [2.75, 3.05) is 5.75 Å². The Morgan fingerprint density at radius 2 is 2.24 bits per heavy atom. The number of ether oxygens (including phenoxy) is 1. The van der Waals surface area contributed by atoms with Crippen LogP contribution in [0.5, 0.6) is 5.75 Å². The second-order valence-electron chi connectivity index (χ2n) is 5.13. The molecule has 3 rings (SSSR count). The van der Waals surface area contributed by atoms with Gasteiger partial charge in [-0.05, 0) is 31.6 Å². The van der Waals surface area contributed by atoms with Crippen molar-refractivity contribution >= 4 is 11.8 Å². The summed E-state index contributed by atoms with van der Waals surface area (Å²) in [6, 6.07) is 8.35. The molecule has 17 heavy (non-hydrogen) atoms. The molecule has 0 bridgehead atoms. The summed E-state index contributed by atoms with van der Waals surface area (Å²) < 4.78 is 6.34. The number of para-hydroxylation sites is 1. The van der Waals surface area contributed by atoms with E-state index in [2.05, 4.69) is 19.1 Å². The maximum absolute atomic E-state index is 6.34. The number of hydrogen-bond donors (Lipinski definition) is 1. The first-order valence-electron chi connectivity index (χ1n) is 6.36.